The first-order valence-electron chi connectivity index (χ1n) is 19.5. The summed E-state index contributed by atoms with van der Waals surface area (Å²) in [6.07, 6.45) is 9.87. The third-order valence-corrected chi connectivity index (χ3v) is 13.7. The van der Waals surface area contributed by atoms with Crippen molar-refractivity contribution >= 4 is 39.7 Å². The minimum absolute atomic E-state index is 0.0155. The second-order valence-corrected chi connectivity index (χ2v) is 28.0. The van der Waals surface area contributed by atoms with E-state index in [1.165, 1.54) is 7.11 Å². The Hall–Kier alpha value is -3.89. The Balaban J connectivity index is 1.66. The topological polar surface area (TPSA) is 110 Å². The summed E-state index contributed by atoms with van der Waals surface area (Å²) in [4.78, 5) is 25.4. The summed E-state index contributed by atoms with van der Waals surface area (Å²) in [6, 6.07) is 16.4. The molecule has 0 unspecified atom stereocenters. The maximum Gasteiger partial charge on any atom is 0.338 e. The average Bonchev–Trinajstić information content (AvgIpc) is 3.60. The zero-order valence-electron chi connectivity index (χ0n) is 34.4. The fourth-order valence-corrected chi connectivity index (χ4v) is 8.35. The maximum absolute atomic E-state index is 12.9. The van der Waals surface area contributed by atoms with Gasteiger partial charge in [-0.15, -0.1) is 0 Å². The van der Waals surface area contributed by atoms with Gasteiger partial charge in [-0.1, -0.05) is 75.7 Å². The van der Waals surface area contributed by atoms with Crippen molar-refractivity contribution in [2.24, 2.45) is 0 Å². The van der Waals surface area contributed by atoms with Gasteiger partial charge in [-0.05, 0) is 56.8 Å². The Labute approximate surface area is 329 Å². The first kappa shape index (κ1) is 42.3. The molecule has 0 amide bonds. The monoisotopic (exact) mass is 787 g/mol. The number of anilines is 1. The molecule has 3 aromatic heterocycles. The van der Waals surface area contributed by atoms with Crippen LogP contribution in [0.2, 0.25) is 51.4 Å². The molecule has 0 N–H and O–H groups in total. The van der Waals surface area contributed by atoms with Gasteiger partial charge in [-0.2, -0.15) is 9.61 Å². The van der Waals surface area contributed by atoms with Gasteiger partial charge < -0.3 is 28.6 Å². The highest BCUT2D eigenvalue weighted by Gasteiger charge is 2.44. The number of carbonyl (C=O) groups excluding carboxylic acids is 1. The van der Waals surface area contributed by atoms with E-state index >= 15 is 0 Å². The molecule has 1 aliphatic rings. The minimum Gasteiger partial charge on any atom is -0.501 e. The van der Waals surface area contributed by atoms with Crippen LogP contribution in [0.25, 0.3) is 34.1 Å². The number of hydrogen-bond donors (Lipinski definition) is 0. The lowest BCUT2D eigenvalue weighted by Crippen LogP contribution is -2.44. The normalized spacial score (nSPS) is 17.9. The number of hydrogen-bond acceptors (Lipinski definition) is 10. The average molecular weight is 788 g/mol. The molecule has 4 aromatic rings. The summed E-state index contributed by atoms with van der Waals surface area (Å²) < 4.78 is 31.7. The van der Waals surface area contributed by atoms with Crippen LogP contribution in [0.3, 0.4) is 0 Å². The third-order valence-electron chi connectivity index (χ3n) is 10.2. The molecule has 0 spiro atoms. The molecule has 0 atom stereocenters. The van der Waals surface area contributed by atoms with E-state index < -0.39 is 21.7 Å². The largest absolute Gasteiger partial charge is 0.501 e. The van der Waals surface area contributed by atoms with Crippen LogP contribution >= 0.6 is 0 Å². The molecule has 0 radical (unpaired) electrons. The van der Waals surface area contributed by atoms with Crippen molar-refractivity contribution in [1.82, 2.24) is 19.6 Å². The Morgan fingerprint density at radius 2 is 1.56 bits per heavy atom. The third kappa shape index (κ3) is 10.9. The van der Waals surface area contributed by atoms with Gasteiger partial charge in [0.25, 0.3) is 0 Å². The second-order valence-electron chi connectivity index (χ2n) is 16.8. The van der Waals surface area contributed by atoms with Crippen molar-refractivity contribution in [3.8, 4) is 22.4 Å². The molecule has 0 saturated heterocycles. The molecule has 298 valence electrons. The predicted octanol–water partition coefficient (Wildman–Crippen LogP) is 9.11. The van der Waals surface area contributed by atoms with Gasteiger partial charge in [-0.3, -0.25) is 4.98 Å². The number of benzene rings is 1. The first-order valence-corrected chi connectivity index (χ1v) is 27.0. The smallest absolute Gasteiger partial charge is 0.338 e. The van der Waals surface area contributed by atoms with Crippen LogP contribution in [0.5, 0.6) is 0 Å². The number of carbonyl (C=O) groups is 1. The van der Waals surface area contributed by atoms with E-state index in [2.05, 4.69) is 62.4 Å². The number of fused-ring (bicyclic) bond motifs is 1. The summed E-state index contributed by atoms with van der Waals surface area (Å²) in [5.41, 5.74) is 5.23. The predicted molar refractivity (Wildman–Crippen MR) is 226 cm³/mol. The fraction of sp³-hybridized carbons (Fsp3) is 0.524. The summed E-state index contributed by atoms with van der Waals surface area (Å²) in [6.45, 7) is 18.6. The van der Waals surface area contributed by atoms with Crippen molar-refractivity contribution in [3.63, 3.8) is 0 Å². The van der Waals surface area contributed by atoms with Crippen molar-refractivity contribution in [2.45, 2.75) is 95.5 Å². The van der Waals surface area contributed by atoms with Gasteiger partial charge in [0.15, 0.2) is 11.2 Å². The minimum atomic E-state index is -1.33. The second kappa shape index (κ2) is 18.8. The quantitative estimate of drug-likeness (QED) is 0.0300. The number of aromatic nitrogens is 4. The van der Waals surface area contributed by atoms with Gasteiger partial charge in [0.05, 0.1) is 37.6 Å². The SMILES string of the molecule is CCO/C=C\c1c(C2CCC(OC)(C(=O)OC)CC2)nc2c(-c3ccc(-c4ccccc4)nc3)cnn2c1N(COCC[Si](C)(C)C)COCC[Si](C)(C)C. The number of rotatable bonds is 19. The van der Waals surface area contributed by atoms with E-state index in [0.717, 1.165) is 51.5 Å². The number of esters is 1. The molecule has 1 fully saturated rings. The molecule has 1 aliphatic carbocycles. The van der Waals surface area contributed by atoms with Crippen LogP contribution in [-0.4, -0.2) is 94.8 Å². The van der Waals surface area contributed by atoms with E-state index in [0.29, 0.717) is 64.6 Å². The van der Waals surface area contributed by atoms with Crippen molar-refractivity contribution < 1.29 is 28.5 Å². The Kier molecular flexibility index (Phi) is 14.5. The van der Waals surface area contributed by atoms with Crippen LogP contribution in [0.4, 0.5) is 5.82 Å². The van der Waals surface area contributed by atoms with Gasteiger partial charge >= 0.3 is 5.97 Å². The Bertz CT molecular complexity index is 1840. The maximum atomic E-state index is 12.9. The summed E-state index contributed by atoms with van der Waals surface area (Å²) >= 11 is 0. The molecule has 55 heavy (non-hydrogen) atoms. The Morgan fingerprint density at radius 3 is 2.11 bits per heavy atom. The molecule has 0 aliphatic heterocycles. The van der Waals surface area contributed by atoms with Gasteiger partial charge in [0.2, 0.25) is 0 Å². The van der Waals surface area contributed by atoms with E-state index in [1.54, 1.807) is 13.4 Å². The fourth-order valence-electron chi connectivity index (χ4n) is 6.83. The highest BCUT2D eigenvalue weighted by atomic mass is 28.3. The van der Waals surface area contributed by atoms with Gasteiger partial charge in [-0.25, -0.2) is 9.78 Å². The summed E-state index contributed by atoms with van der Waals surface area (Å²) in [7, 11) is 0.351. The van der Waals surface area contributed by atoms with Crippen molar-refractivity contribution in [2.75, 3.05) is 52.4 Å². The highest BCUT2D eigenvalue weighted by Crippen LogP contribution is 2.43. The van der Waals surface area contributed by atoms with Crippen molar-refractivity contribution in [3.05, 3.63) is 72.4 Å². The van der Waals surface area contributed by atoms with E-state index in [-0.39, 0.29) is 11.9 Å². The molecular formula is C42H61N5O6Si2. The molecule has 11 nitrogen and oxygen atoms in total. The molecule has 0 bridgehead atoms. The molecule has 5 rings (SSSR count). The molecule has 1 aromatic carbocycles. The van der Waals surface area contributed by atoms with Crippen LogP contribution in [0.1, 0.15) is 49.8 Å². The van der Waals surface area contributed by atoms with Crippen LogP contribution in [0, 0.1) is 0 Å². The highest BCUT2D eigenvalue weighted by molar-refractivity contribution is 6.76. The zero-order chi connectivity index (χ0) is 39.6. The Morgan fingerprint density at radius 1 is 0.909 bits per heavy atom. The number of pyridine rings is 1. The number of ether oxygens (including phenoxy) is 5. The van der Waals surface area contributed by atoms with Gasteiger partial charge in [0, 0.05) is 70.8 Å². The molecule has 3 heterocycles. The zero-order valence-corrected chi connectivity index (χ0v) is 36.4. The number of methoxy groups -OCH3 is 2. The van der Waals surface area contributed by atoms with Gasteiger partial charge in [0.1, 0.15) is 19.3 Å². The van der Waals surface area contributed by atoms with Crippen molar-refractivity contribution in [1.29, 1.82) is 0 Å². The van der Waals surface area contributed by atoms with Crippen LogP contribution in [-0.2, 0) is 28.5 Å². The van der Waals surface area contributed by atoms with E-state index in [4.69, 9.17) is 38.8 Å². The molecular weight excluding hydrogens is 727 g/mol. The van der Waals surface area contributed by atoms with Crippen LogP contribution in [0.15, 0.2) is 61.1 Å². The lowest BCUT2D eigenvalue weighted by atomic mass is 9.76. The standard InChI is InChI=1S/C42H61N5O6Si2/c1-10-51-23-20-35-38(33-18-21-42(50-3,22-19-33)41(48)49-2)45-39-36(34-16-17-37(43-28-34)32-14-12-11-13-15-32)29-44-47(39)40(35)46(30-52-24-26-54(4,5)6)31-53-25-27-55(7,8)9/h11-17,20,23,28-29,33H,10,18-19,21-22,24-27,30-31H2,1-9H3/b23-20-. The molecule has 1 saturated carbocycles. The lowest BCUT2D eigenvalue weighted by Gasteiger charge is -2.37. The first-order chi connectivity index (χ1) is 26.3. The van der Waals surface area contributed by atoms with E-state index in [9.17, 15) is 4.79 Å². The summed E-state index contributed by atoms with van der Waals surface area (Å²) in [5, 5.41) is 5.01. The van der Waals surface area contributed by atoms with Crippen LogP contribution < -0.4 is 4.90 Å². The number of nitrogens with zero attached hydrogens (tertiary/aromatic N) is 5. The summed E-state index contributed by atoms with van der Waals surface area (Å²) in [5.74, 6) is 0.492. The van der Waals surface area contributed by atoms with E-state index in [1.807, 2.05) is 54.2 Å². The molecule has 13 heteroatoms. The lowest BCUT2D eigenvalue weighted by molar-refractivity contribution is -0.170.